The summed E-state index contributed by atoms with van der Waals surface area (Å²) in [5.41, 5.74) is 1.12. The van der Waals surface area contributed by atoms with Gasteiger partial charge < -0.3 is 4.74 Å². The molecule has 0 aliphatic carbocycles. The molecule has 0 spiro atoms. The summed E-state index contributed by atoms with van der Waals surface area (Å²) in [6, 6.07) is 6.72. The number of halogens is 1. The maximum absolute atomic E-state index is 11.0. The molecule has 1 aromatic carbocycles. The number of hydrogen-bond acceptors (Lipinski definition) is 3. The molecule has 0 bridgehead atoms. The van der Waals surface area contributed by atoms with Gasteiger partial charge in [0.2, 0.25) is 0 Å². The van der Waals surface area contributed by atoms with Crippen LogP contribution in [0, 0.1) is 5.92 Å². The molecule has 1 unspecified atom stereocenters. The molecule has 88 valence electrons. The van der Waals surface area contributed by atoms with E-state index in [0.29, 0.717) is 5.92 Å². The molecule has 1 fully saturated rings. The third-order valence-electron chi connectivity index (χ3n) is 2.75. The maximum Gasteiger partial charge on any atom is 0.261 e. The van der Waals surface area contributed by atoms with Crippen LogP contribution in [0.2, 0.25) is 0 Å². The van der Waals surface area contributed by atoms with Gasteiger partial charge in [0.1, 0.15) is 0 Å². The average molecular weight is 261 g/mol. The fourth-order valence-corrected chi connectivity index (χ4v) is 2.64. The minimum absolute atomic E-state index is 0.153. The Hall–Kier alpha value is -0.580. The normalized spacial score (nSPS) is 21.2. The first-order valence-electron chi connectivity index (χ1n) is 5.17. The van der Waals surface area contributed by atoms with Gasteiger partial charge in [0.15, 0.2) is 0 Å². The molecule has 3 nitrogen and oxygen atoms in total. The Morgan fingerprint density at radius 1 is 1.31 bits per heavy atom. The molecule has 0 radical (unpaired) electrons. The van der Waals surface area contributed by atoms with Crippen molar-refractivity contribution in [2.24, 2.45) is 5.92 Å². The summed E-state index contributed by atoms with van der Waals surface area (Å²) in [5.74, 6) is 0.554. The van der Waals surface area contributed by atoms with Crippen molar-refractivity contribution in [2.75, 3.05) is 13.2 Å². The Balaban J connectivity index is 2.07. The number of ether oxygens (including phenoxy) is 1. The first-order valence-corrected chi connectivity index (χ1v) is 7.48. The third kappa shape index (κ3) is 2.97. The molecular weight excluding hydrogens is 248 g/mol. The van der Waals surface area contributed by atoms with E-state index in [4.69, 9.17) is 15.4 Å². The van der Waals surface area contributed by atoms with Gasteiger partial charge in [-0.15, -0.1) is 0 Å². The van der Waals surface area contributed by atoms with Gasteiger partial charge in [0, 0.05) is 23.9 Å². The lowest BCUT2D eigenvalue weighted by Gasteiger charge is -2.07. The van der Waals surface area contributed by atoms with Crippen LogP contribution in [0.5, 0.6) is 0 Å². The zero-order valence-corrected chi connectivity index (χ0v) is 10.3. The molecular formula is C11H13ClO3S. The summed E-state index contributed by atoms with van der Waals surface area (Å²) < 4.78 is 27.4. The van der Waals surface area contributed by atoms with E-state index in [1.54, 1.807) is 12.1 Å². The monoisotopic (exact) mass is 260 g/mol. The van der Waals surface area contributed by atoms with Crippen molar-refractivity contribution in [2.45, 2.75) is 17.7 Å². The molecule has 0 N–H and O–H groups in total. The SMILES string of the molecule is O=S(=O)(Cl)c1ccc(CC2CCOC2)cc1. The lowest BCUT2D eigenvalue weighted by molar-refractivity contribution is 0.186. The van der Waals surface area contributed by atoms with E-state index >= 15 is 0 Å². The van der Waals surface area contributed by atoms with Crippen molar-refractivity contribution in [3.63, 3.8) is 0 Å². The van der Waals surface area contributed by atoms with E-state index in [2.05, 4.69) is 0 Å². The van der Waals surface area contributed by atoms with Crippen molar-refractivity contribution in [3.8, 4) is 0 Å². The summed E-state index contributed by atoms with van der Waals surface area (Å²) in [5, 5.41) is 0. The van der Waals surface area contributed by atoms with Gasteiger partial charge in [-0.25, -0.2) is 8.42 Å². The number of benzene rings is 1. The van der Waals surface area contributed by atoms with Crippen LogP contribution in [0.15, 0.2) is 29.2 Å². The standard InChI is InChI=1S/C11H13ClO3S/c12-16(13,14)11-3-1-9(2-4-11)7-10-5-6-15-8-10/h1-4,10H,5-8H2. The smallest absolute Gasteiger partial charge is 0.261 e. The highest BCUT2D eigenvalue weighted by atomic mass is 35.7. The van der Waals surface area contributed by atoms with Gasteiger partial charge in [0.25, 0.3) is 9.05 Å². The van der Waals surface area contributed by atoms with Crippen LogP contribution in [0.4, 0.5) is 0 Å². The Bertz CT molecular complexity index is 447. The molecule has 1 atom stereocenters. The second-order valence-electron chi connectivity index (χ2n) is 4.02. The fraction of sp³-hybridized carbons (Fsp3) is 0.455. The lowest BCUT2D eigenvalue weighted by Crippen LogP contribution is -2.03. The Morgan fingerprint density at radius 2 is 2.00 bits per heavy atom. The fourth-order valence-electron chi connectivity index (χ4n) is 1.87. The molecule has 0 saturated carbocycles. The van der Waals surface area contributed by atoms with Crippen molar-refractivity contribution >= 4 is 19.7 Å². The van der Waals surface area contributed by atoms with Gasteiger partial charge in [-0.1, -0.05) is 12.1 Å². The van der Waals surface area contributed by atoms with Crippen LogP contribution in [-0.4, -0.2) is 21.6 Å². The van der Waals surface area contributed by atoms with E-state index in [1.807, 2.05) is 12.1 Å². The highest BCUT2D eigenvalue weighted by Gasteiger charge is 2.16. The van der Waals surface area contributed by atoms with Crippen LogP contribution >= 0.6 is 10.7 Å². The zero-order valence-electron chi connectivity index (χ0n) is 8.73. The predicted molar refractivity (Wildman–Crippen MR) is 62.1 cm³/mol. The Kier molecular flexibility index (Phi) is 3.52. The summed E-state index contributed by atoms with van der Waals surface area (Å²) >= 11 is 0. The Labute approximate surface area is 99.8 Å². The molecule has 1 aliphatic rings. The van der Waals surface area contributed by atoms with E-state index in [-0.39, 0.29) is 4.90 Å². The quantitative estimate of drug-likeness (QED) is 0.783. The van der Waals surface area contributed by atoms with E-state index in [1.165, 1.54) is 0 Å². The molecule has 16 heavy (non-hydrogen) atoms. The average Bonchev–Trinajstić information content (AvgIpc) is 2.70. The van der Waals surface area contributed by atoms with E-state index in [9.17, 15) is 8.42 Å². The first kappa shape index (κ1) is 11.9. The highest BCUT2D eigenvalue weighted by molar-refractivity contribution is 8.13. The number of rotatable bonds is 3. The molecule has 1 saturated heterocycles. The number of hydrogen-bond donors (Lipinski definition) is 0. The lowest BCUT2D eigenvalue weighted by atomic mass is 9.99. The third-order valence-corrected chi connectivity index (χ3v) is 4.12. The van der Waals surface area contributed by atoms with Crippen LogP contribution in [-0.2, 0) is 20.2 Å². The molecule has 2 rings (SSSR count). The topological polar surface area (TPSA) is 43.4 Å². The van der Waals surface area contributed by atoms with Gasteiger partial charge >= 0.3 is 0 Å². The highest BCUT2D eigenvalue weighted by Crippen LogP contribution is 2.20. The van der Waals surface area contributed by atoms with Crippen LogP contribution in [0.25, 0.3) is 0 Å². The van der Waals surface area contributed by atoms with Crippen molar-refractivity contribution in [1.82, 2.24) is 0 Å². The van der Waals surface area contributed by atoms with Crippen LogP contribution in [0.3, 0.4) is 0 Å². The summed E-state index contributed by atoms with van der Waals surface area (Å²) in [6.45, 7) is 1.63. The van der Waals surface area contributed by atoms with Crippen molar-refractivity contribution in [3.05, 3.63) is 29.8 Å². The minimum Gasteiger partial charge on any atom is -0.381 e. The first-order chi connectivity index (χ1) is 7.55. The summed E-state index contributed by atoms with van der Waals surface area (Å²) in [4.78, 5) is 0.153. The van der Waals surface area contributed by atoms with Gasteiger partial charge in [-0.05, 0) is 36.5 Å². The van der Waals surface area contributed by atoms with Crippen LogP contribution in [0.1, 0.15) is 12.0 Å². The molecule has 0 aromatic heterocycles. The van der Waals surface area contributed by atoms with Crippen molar-refractivity contribution in [1.29, 1.82) is 0 Å². The maximum atomic E-state index is 11.0. The largest absolute Gasteiger partial charge is 0.381 e. The molecule has 1 aromatic rings. The van der Waals surface area contributed by atoms with Gasteiger partial charge in [-0.3, -0.25) is 0 Å². The predicted octanol–water partition coefficient (Wildman–Crippen LogP) is 2.19. The summed E-state index contributed by atoms with van der Waals surface area (Å²) in [7, 11) is 1.63. The van der Waals surface area contributed by atoms with Gasteiger partial charge in [0.05, 0.1) is 4.90 Å². The Morgan fingerprint density at radius 3 is 2.50 bits per heavy atom. The van der Waals surface area contributed by atoms with E-state index < -0.39 is 9.05 Å². The minimum atomic E-state index is -3.60. The molecule has 1 heterocycles. The molecule has 5 heteroatoms. The van der Waals surface area contributed by atoms with Crippen LogP contribution < -0.4 is 0 Å². The van der Waals surface area contributed by atoms with Crippen molar-refractivity contribution < 1.29 is 13.2 Å². The molecule has 0 amide bonds. The van der Waals surface area contributed by atoms with Gasteiger partial charge in [-0.2, -0.15) is 0 Å². The summed E-state index contributed by atoms with van der Waals surface area (Å²) in [6.07, 6.45) is 2.01. The molecule has 1 aliphatic heterocycles. The second kappa shape index (κ2) is 4.73. The second-order valence-corrected chi connectivity index (χ2v) is 6.58. The zero-order chi connectivity index (χ0) is 11.6. The van der Waals surface area contributed by atoms with E-state index in [0.717, 1.165) is 31.6 Å².